The molecule has 2 N–H and O–H groups in total. The number of nitrogens with one attached hydrogen (secondary N) is 2. The zero-order valence-electron chi connectivity index (χ0n) is 20.3. The normalized spacial score (nSPS) is 13.0. The predicted molar refractivity (Wildman–Crippen MR) is 136 cm³/mol. The van der Waals surface area contributed by atoms with E-state index in [0.717, 1.165) is 57.7 Å². The fourth-order valence-electron chi connectivity index (χ4n) is 4.30. The molecular formula is C27H38N4O2. The molecular weight excluding hydrogens is 412 g/mol. The molecule has 0 atom stereocenters. The number of nitrogens with zero attached hydrogens (tertiary/aromatic N) is 2. The molecule has 178 valence electrons. The number of unbranched alkanes of at least 4 members (excludes halogenated alkanes) is 1. The summed E-state index contributed by atoms with van der Waals surface area (Å²) in [6.45, 7) is 11.3. The summed E-state index contributed by atoms with van der Waals surface area (Å²) in [6.07, 6.45) is 3.28. The molecule has 0 unspecified atom stereocenters. The molecule has 3 rings (SSSR count). The van der Waals surface area contributed by atoms with Crippen molar-refractivity contribution < 1.29 is 9.59 Å². The maximum Gasteiger partial charge on any atom is 0.253 e. The third-order valence-electron chi connectivity index (χ3n) is 6.36. The van der Waals surface area contributed by atoms with Crippen LogP contribution in [-0.2, 0) is 17.8 Å². The van der Waals surface area contributed by atoms with E-state index in [4.69, 9.17) is 0 Å². The lowest BCUT2D eigenvalue weighted by Crippen LogP contribution is -2.36. The summed E-state index contributed by atoms with van der Waals surface area (Å²) in [5.74, 6) is -0.106. The molecule has 6 nitrogen and oxygen atoms in total. The Morgan fingerprint density at radius 3 is 2.52 bits per heavy atom. The molecule has 0 bridgehead atoms. The lowest BCUT2D eigenvalue weighted by Gasteiger charge is -2.32. The molecule has 33 heavy (non-hydrogen) atoms. The predicted octanol–water partition coefficient (Wildman–Crippen LogP) is 4.45. The molecule has 2 aromatic rings. The van der Waals surface area contributed by atoms with Crippen LogP contribution in [0.3, 0.4) is 0 Å². The number of anilines is 2. The Hall–Kier alpha value is -2.86. The van der Waals surface area contributed by atoms with Gasteiger partial charge in [0.25, 0.3) is 5.91 Å². The fourth-order valence-corrected chi connectivity index (χ4v) is 4.30. The maximum atomic E-state index is 13.3. The number of carbonyl (C=O) groups is 2. The minimum atomic E-state index is -0.0966. The topological polar surface area (TPSA) is 64.7 Å². The second-order valence-corrected chi connectivity index (χ2v) is 8.61. The van der Waals surface area contributed by atoms with Gasteiger partial charge in [0.1, 0.15) is 0 Å². The van der Waals surface area contributed by atoms with Crippen molar-refractivity contribution in [2.24, 2.45) is 0 Å². The van der Waals surface area contributed by atoms with E-state index in [9.17, 15) is 9.59 Å². The van der Waals surface area contributed by atoms with Gasteiger partial charge in [0.05, 0.1) is 5.56 Å². The van der Waals surface area contributed by atoms with Gasteiger partial charge >= 0.3 is 0 Å². The van der Waals surface area contributed by atoms with E-state index in [-0.39, 0.29) is 11.8 Å². The van der Waals surface area contributed by atoms with E-state index in [0.29, 0.717) is 24.2 Å². The van der Waals surface area contributed by atoms with Gasteiger partial charge in [-0.1, -0.05) is 51.5 Å². The first kappa shape index (κ1) is 24.8. The van der Waals surface area contributed by atoms with Crippen LogP contribution in [0.25, 0.3) is 0 Å². The van der Waals surface area contributed by atoms with Gasteiger partial charge in [-0.15, -0.1) is 0 Å². The van der Waals surface area contributed by atoms with Crippen LogP contribution < -0.4 is 15.5 Å². The molecule has 1 heterocycles. The van der Waals surface area contributed by atoms with E-state index < -0.39 is 0 Å². The van der Waals surface area contributed by atoms with Crippen LogP contribution in [0.2, 0.25) is 0 Å². The Balaban J connectivity index is 1.80. The summed E-state index contributed by atoms with van der Waals surface area (Å²) >= 11 is 0. The van der Waals surface area contributed by atoms with E-state index in [1.807, 2.05) is 18.2 Å². The van der Waals surface area contributed by atoms with Crippen LogP contribution >= 0.6 is 0 Å². The third kappa shape index (κ3) is 6.81. The number of benzene rings is 2. The molecule has 0 saturated carbocycles. The Bertz CT molecular complexity index is 939. The van der Waals surface area contributed by atoms with Crippen molar-refractivity contribution in [1.29, 1.82) is 0 Å². The summed E-state index contributed by atoms with van der Waals surface area (Å²) in [5.41, 5.74) is 4.87. The number of fused-ring (bicyclic) bond motifs is 1. The number of rotatable bonds is 11. The summed E-state index contributed by atoms with van der Waals surface area (Å²) in [5, 5.41) is 6.06. The Kier molecular flexibility index (Phi) is 9.31. The molecule has 0 aromatic heterocycles. The van der Waals surface area contributed by atoms with Gasteiger partial charge in [0.2, 0.25) is 5.91 Å². The lowest BCUT2D eigenvalue weighted by molar-refractivity contribution is -0.116. The van der Waals surface area contributed by atoms with Crippen LogP contribution in [0.4, 0.5) is 11.4 Å². The first-order valence-corrected chi connectivity index (χ1v) is 12.3. The number of amides is 2. The van der Waals surface area contributed by atoms with Gasteiger partial charge in [-0.3, -0.25) is 9.59 Å². The van der Waals surface area contributed by atoms with E-state index in [2.05, 4.69) is 65.5 Å². The zero-order chi connectivity index (χ0) is 23.6. The third-order valence-corrected chi connectivity index (χ3v) is 6.36. The van der Waals surface area contributed by atoms with Gasteiger partial charge in [-0.25, -0.2) is 0 Å². The summed E-state index contributed by atoms with van der Waals surface area (Å²) < 4.78 is 0. The fraction of sp³-hybridized carbons (Fsp3) is 0.481. The van der Waals surface area contributed by atoms with Crippen molar-refractivity contribution in [2.45, 2.75) is 53.0 Å². The number of likely N-dealkylation sites (N-methyl/N-ethyl adjacent to an activating group) is 1. The van der Waals surface area contributed by atoms with Crippen LogP contribution in [0, 0.1) is 0 Å². The summed E-state index contributed by atoms with van der Waals surface area (Å²) in [6, 6.07) is 14.2. The summed E-state index contributed by atoms with van der Waals surface area (Å²) in [4.78, 5) is 30.1. The highest BCUT2D eigenvalue weighted by Crippen LogP contribution is 2.29. The number of hydrogen-bond donors (Lipinski definition) is 2. The molecule has 2 amide bonds. The lowest BCUT2D eigenvalue weighted by atomic mass is 9.98. The first-order valence-electron chi connectivity index (χ1n) is 12.3. The molecule has 1 aliphatic heterocycles. The Labute approximate surface area is 198 Å². The van der Waals surface area contributed by atoms with Crippen molar-refractivity contribution >= 4 is 23.2 Å². The van der Waals surface area contributed by atoms with Crippen molar-refractivity contribution in [2.75, 3.05) is 42.9 Å². The minimum absolute atomic E-state index is 0.00982. The highest BCUT2D eigenvalue weighted by molar-refractivity contribution is 6.02. The van der Waals surface area contributed by atoms with Gasteiger partial charge in [0.15, 0.2) is 0 Å². The van der Waals surface area contributed by atoms with Crippen LogP contribution in [0.5, 0.6) is 0 Å². The van der Waals surface area contributed by atoms with Crippen molar-refractivity contribution in [3.05, 3.63) is 59.2 Å². The van der Waals surface area contributed by atoms with Crippen molar-refractivity contribution in [1.82, 2.24) is 10.2 Å². The van der Waals surface area contributed by atoms with Crippen molar-refractivity contribution in [3.63, 3.8) is 0 Å². The van der Waals surface area contributed by atoms with Crippen LogP contribution in [0.1, 0.15) is 61.5 Å². The van der Waals surface area contributed by atoms with E-state index in [1.54, 1.807) is 0 Å². The molecule has 0 spiro atoms. The quantitative estimate of drug-likeness (QED) is 0.531. The Morgan fingerprint density at radius 1 is 1.03 bits per heavy atom. The van der Waals surface area contributed by atoms with Gasteiger partial charge < -0.3 is 20.4 Å². The molecule has 2 aromatic carbocycles. The average Bonchev–Trinajstić information content (AvgIpc) is 2.85. The second-order valence-electron chi connectivity index (χ2n) is 8.61. The molecule has 0 fully saturated rings. The second kappa shape index (κ2) is 12.4. The standard InChI is InChI=1S/C27H38N4O2/c1-4-7-12-26(32)29-23-13-14-25(31-17-15-21-10-8-9-11-22(21)20-31)24(19-23)27(33)28-16-18-30(5-2)6-3/h8-11,13-14,19H,4-7,12,15-18,20H2,1-3H3,(H,28,33)(H,29,32). The van der Waals surface area contributed by atoms with Crippen molar-refractivity contribution in [3.8, 4) is 0 Å². The van der Waals surface area contributed by atoms with Gasteiger partial charge in [-0.2, -0.15) is 0 Å². The van der Waals surface area contributed by atoms with Crippen LogP contribution in [0.15, 0.2) is 42.5 Å². The molecule has 1 aliphatic rings. The molecule has 0 radical (unpaired) electrons. The molecule has 0 aliphatic carbocycles. The molecule has 0 saturated heterocycles. The van der Waals surface area contributed by atoms with Crippen LogP contribution in [-0.4, -0.2) is 49.4 Å². The first-order chi connectivity index (χ1) is 16.0. The van der Waals surface area contributed by atoms with Gasteiger partial charge in [0, 0.05) is 44.0 Å². The van der Waals surface area contributed by atoms with Gasteiger partial charge in [-0.05, 0) is 55.3 Å². The minimum Gasteiger partial charge on any atom is -0.366 e. The Morgan fingerprint density at radius 2 is 1.79 bits per heavy atom. The largest absolute Gasteiger partial charge is 0.366 e. The van der Waals surface area contributed by atoms with E-state index >= 15 is 0 Å². The van der Waals surface area contributed by atoms with E-state index in [1.165, 1.54) is 11.1 Å². The molecule has 6 heteroatoms. The highest BCUT2D eigenvalue weighted by atomic mass is 16.2. The monoisotopic (exact) mass is 450 g/mol. The highest BCUT2D eigenvalue weighted by Gasteiger charge is 2.22. The maximum absolute atomic E-state index is 13.3. The zero-order valence-corrected chi connectivity index (χ0v) is 20.3. The number of carbonyl (C=O) groups excluding carboxylic acids is 2. The SMILES string of the molecule is CCCCC(=O)Nc1ccc(N2CCc3ccccc3C2)c(C(=O)NCCN(CC)CC)c1. The average molecular weight is 451 g/mol. The smallest absolute Gasteiger partial charge is 0.253 e. The summed E-state index contributed by atoms with van der Waals surface area (Å²) in [7, 11) is 0. The number of hydrogen-bond acceptors (Lipinski definition) is 4.